The van der Waals surface area contributed by atoms with E-state index in [0.717, 1.165) is 0 Å². The van der Waals surface area contributed by atoms with Crippen LogP contribution in [0.15, 0.2) is 24.3 Å². The zero-order valence-corrected chi connectivity index (χ0v) is 13.6. The van der Waals surface area contributed by atoms with Crippen LogP contribution in [0.1, 0.15) is 49.5 Å². The average molecular weight is 318 g/mol. The molecule has 2 aliphatic rings. The van der Waals surface area contributed by atoms with Crippen molar-refractivity contribution in [3.05, 3.63) is 35.4 Å². The molecule has 4 atom stereocenters. The third-order valence-corrected chi connectivity index (χ3v) is 5.25. The molecule has 1 aliphatic carbocycles. The molecule has 1 fully saturated rings. The van der Waals surface area contributed by atoms with Crippen LogP contribution in [0, 0.1) is 11.8 Å². The average Bonchev–Trinajstić information content (AvgIpc) is 2.73. The Balaban J connectivity index is 2.26. The van der Waals surface area contributed by atoms with Crippen molar-refractivity contribution < 1.29 is 24.5 Å². The smallest absolute Gasteiger partial charge is 0.223 e. The van der Waals surface area contributed by atoms with Crippen LogP contribution in [-0.2, 0) is 15.1 Å². The summed E-state index contributed by atoms with van der Waals surface area (Å²) < 4.78 is 5.67. The number of hydrogen-bond donors (Lipinski definition) is 2. The number of rotatable bonds is 3. The zero-order chi connectivity index (χ0) is 17.0. The van der Waals surface area contributed by atoms with Crippen LogP contribution in [-0.4, -0.2) is 33.7 Å². The molecule has 23 heavy (non-hydrogen) atoms. The minimum Gasteiger partial charge on any atom is -0.378 e. The SMILES string of the molecule is CC(C)CC[C@]12OC(O)C(=O)[C@@]1(O)[C@@H](C)C(=O)c1ccccc12. The molecule has 5 nitrogen and oxygen atoms in total. The lowest BCUT2D eigenvalue weighted by Crippen LogP contribution is -2.62. The maximum atomic E-state index is 12.6. The molecule has 0 bridgehead atoms. The first-order valence-corrected chi connectivity index (χ1v) is 8.02. The van der Waals surface area contributed by atoms with E-state index in [4.69, 9.17) is 4.74 Å². The van der Waals surface area contributed by atoms with Crippen LogP contribution >= 0.6 is 0 Å². The van der Waals surface area contributed by atoms with E-state index in [0.29, 0.717) is 29.9 Å². The highest BCUT2D eigenvalue weighted by atomic mass is 16.6. The molecule has 0 amide bonds. The van der Waals surface area contributed by atoms with Gasteiger partial charge in [-0.1, -0.05) is 45.0 Å². The lowest BCUT2D eigenvalue weighted by Gasteiger charge is -2.47. The number of Topliss-reactive ketones (excluding diaryl/α,β-unsaturated/α-hetero) is 2. The van der Waals surface area contributed by atoms with Crippen LogP contribution < -0.4 is 0 Å². The van der Waals surface area contributed by atoms with Crippen LogP contribution in [0.25, 0.3) is 0 Å². The number of carbonyl (C=O) groups excluding carboxylic acids is 2. The van der Waals surface area contributed by atoms with Gasteiger partial charge < -0.3 is 14.9 Å². The molecule has 0 saturated carbocycles. The summed E-state index contributed by atoms with van der Waals surface area (Å²) in [5, 5.41) is 21.3. The molecule has 5 heteroatoms. The van der Waals surface area contributed by atoms with E-state index in [-0.39, 0.29) is 5.78 Å². The molecule has 0 radical (unpaired) electrons. The largest absolute Gasteiger partial charge is 0.378 e. The number of ketones is 2. The van der Waals surface area contributed by atoms with Crippen molar-refractivity contribution in [3.8, 4) is 0 Å². The van der Waals surface area contributed by atoms with Gasteiger partial charge in [0, 0.05) is 5.56 Å². The minimum atomic E-state index is -2.03. The van der Waals surface area contributed by atoms with Gasteiger partial charge in [0.1, 0.15) is 5.60 Å². The number of aliphatic hydroxyl groups is 2. The van der Waals surface area contributed by atoms with E-state index in [1.54, 1.807) is 24.3 Å². The predicted octanol–water partition coefficient (Wildman–Crippen LogP) is 1.80. The Morgan fingerprint density at radius 1 is 1.26 bits per heavy atom. The molecule has 1 aliphatic heterocycles. The molecule has 1 saturated heterocycles. The fourth-order valence-corrected chi connectivity index (χ4v) is 3.90. The number of hydrogen-bond acceptors (Lipinski definition) is 5. The summed E-state index contributed by atoms with van der Waals surface area (Å²) in [4.78, 5) is 25.1. The Hall–Kier alpha value is -1.56. The fraction of sp³-hybridized carbons (Fsp3) is 0.556. The van der Waals surface area contributed by atoms with E-state index in [9.17, 15) is 19.8 Å². The third-order valence-electron chi connectivity index (χ3n) is 5.25. The highest BCUT2D eigenvalue weighted by Gasteiger charge is 2.71. The van der Waals surface area contributed by atoms with Gasteiger partial charge in [0.25, 0.3) is 0 Å². The summed E-state index contributed by atoms with van der Waals surface area (Å²) in [7, 11) is 0. The van der Waals surface area contributed by atoms with E-state index >= 15 is 0 Å². The molecule has 1 aromatic carbocycles. The molecule has 3 rings (SSSR count). The van der Waals surface area contributed by atoms with Gasteiger partial charge in [-0.2, -0.15) is 0 Å². The van der Waals surface area contributed by atoms with Crippen molar-refractivity contribution in [1.29, 1.82) is 0 Å². The Morgan fingerprint density at radius 2 is 1.91 bits per heavy atom. The normalized spacial score (nSPS) is 36.3. The second-order valence-corrected chi connectivity index (χ2v) is 6.99. The van der Waals surface area contributed by atoms with E-state index < -0.39 is 29.2 Å². The highest BCUT2D eigenvalue weighted by molar-refractivity contribution is 6.08. The van der Waals surface area contributed by atoms with Crippen molar-refractivity contribution >= 4 is 11.6 Å². The van der Waals surface area contributed by atoms with Gasteiger partial charge in [-0.3, -0.25) is 9.59 Å². The Labute approximate surface area is 135 Å². The molecule has 2 N–H and O–H groups in total. The number of ether oxygens (including phenoxy) is 1. The molecule has 1 aromatic rings. The lowest BCUT2D eigenvalue weighted by atomic mass is 9.60. The predicted molar refractivity (Wildman–Crippen MR) is 82.7 cm³/mol. The van der Waals surface area contributed by atoms with Gasteiger partial charge in [0.2, 0.25) is 12.1 Å². The number of fused-ring (bicyclic) bond motifs is 3. The van der Waals surface area contributed by atoms with Crippen LogP contribution in [0.3, 0.4) is 0 Å². The first-order chi connectivity index (χ1) is 10.8. The summed E-state index contributed by atoms with van der Waals surface area (Å²) >= 11 is 0. The van der Waals surface area contributed by atoms with Gasteiger partial charge in [-0.05, 0) is 24.3 Å². The van der Waals surface area contributed by atoms with E-state index in [1.807, 2.05) is 13.8 Å². The van der Waals surface area contributed by atoms with Crippen molar-refractivity contribution in [2.45, 2.75) is 51.1 Å². The maximum absolute atomic E-state index is 12.6. The Kier molecular flexibility index (Phi) is 3.71. The van der Waals surface area contributed by atoms with Gasteiger partial charge in [0.05, 0.1) is 5.92 Å². The number of aliphatic hydroxyl groups excluding tert-OH is 1. The van der Waals surface area contributed by atoms with Crippen LogP contribution in [0.4, 0.5) is 0 Å². The second kappa shape index (κ2) is 5.23. The zero-order valence-electron chi connectivity index (χ0n) is 13.6. The summed E-state index contributed by atoms with van der Waals surface area (Å²) in [5.74, 6) is -1.76. The Morgan fingerprint density at radius 3 is 2.57 bits per heavy atom. The van der Waals surface area contributed by atoms with E-state index in [1.165, 1.54) is 6.92 Å². The lowest BCUT2D eigenvalue weighted by molar-refractivity contribution is -0.193. The molecule has 1 heterocycles. The van der Waals surface area contributed by atoms with Crippen molar-refractivity contribution in [3.63, 3.8) is 0 Å². The third kappa shape index (κ3) is 1.97. The molecular weight excluding hydrogens is 296 g/mol. The summed E-state index contributed by atoms with van der Waals surface area (Å²) in [5.41, 5.74) is -2.46. The molecule has 0 aromatic heterocycles. The monoisotopic (exact) mass is 318 g/mol. The highest BCUT2D eigenvalue weighted by Crippen LogP contribution is 2.55. The fourth-order valence-electron chi connectivity index (χ4n) is 3.90. The minimum absolute atomic E-state index is 0.297. The van der Waals surface area contributed by atoms with Crippen molar-refractivity contribution in [2.24, 2.45) is 11.8 Å². The van der Waals surface area contributed by atoms with Crippen molar-refractivity contribution in [1.82, 2.24) is 0 Å². The first kappa shape index (κ1) is 16.3. The summed E-state index contributed by atoms with van der Waals surface area (Å²) in [6, 6.07) is 6.88. The van der Waals surface area contributed by atoms with Crippen LogP contribution in [0.2, 0.25) is 0 Å². The molecule has 1 unspecified atom stereocenters. The van der Waals surface area contributed by atoms with Gasteiger partial charge >= 0.3 is 0 Å². The molecule has 124 valence electrons. The first-order valence-electron chi connectivity index (χ1n) is 8.02. The standard InChI is InChI=1S/C18H22O5/c1-10(2)8-9-17-13-7-5-4-6-12(13)14(19)11(3)18(17,22)15(20)16(21)23-17/h4-7,10-11,16,21-22H,8-9H2,1-3H3/t11-,16?,17+,18-/m0/s1. The molecule has 0 spiro atoms. The topological polar surface area (TPSA) is 83.8 Å². The number of benzene rings is 1. The number of carbonyl (C=O) groups is 2. The second-order valence-electron chi connectivity index (χ2n) is 6.99. The van der Waals surface area contributed by atoms with Crippen molar-refractivity contribution in [2.75, 3.05) is 0 Å². The Bertz CT molecular complexity index is 667. The molecular formula is C18H22O5. The maximum Gasteiger partial charge on any atom is 0.223 e. The van der Waals surface area contributed by atoms with E-state index in [2.05, 4.69) is 0 Å². The summed E-state index contributed by atoms with van der Waals surface area (Å²) in [6.45, 7) is 5.60. The quantitative estimate of drug-likeness (QED) is 0.888. The van der Waals surface area contributed by atoms with Gasteiger partial charge in [-0.25, -0.2) is 0 Å². The van der Waals surface area contributed by atoms with Gasteiger partial charge in [0.15, 0.2) is 11.4 Å². The van der Waals surface area contributed by atoms with Gasteiger partial charge in [-0.15, -0.1) is 0 Å². The van der Waals surface area contributed by atoms with Crippen LogP contribution in [0.5, 0.6) is 0 Å². The summed E-state index contributed by atoms with van der Waals surface area (Å²) in [6.07, 6.45) is -0.663.